The maximum atomic E-state index is 13.3. The van der Waals surface area contributed by atoms with Gasteiger partial charge in [-0.05, 0) is 18.6 Å². The van der Waals surface area contributed by atoms with Crippen molar-refractivity contribution in [2.75, 3.05) is 0 Å². The largest absolute Gasteiger partial charge is 0.505 e. The summed E-state index contributed by atoms with van der Waals surface area (Å²) in [4.78, 5) is 0. The summed E-state index contributed by atoms with van der Waals surface area (Å²) in [5.41, 5.74) is -0.0913. The number of aliphatic hydroxyl groups is 1. The second-order valence-corrected chi connectivity index (χ2v) is 3.81. The zero-order valence-corrected chi connectivity index (χ0v) is 9.21. The van der Waals surface area contributed by atoms with Crippen molar-refractivity contribution in [2.45, 2.75) is 38.7 Å². The van der Waals surface area contributed by atoms with Gasteiger partial charge in [-0.3, -0.25) is 0 Å². The lowest BCUT2D eigenvalue weighted by molar-refractivity contribution is 0.157. The number of rotatable bonds is 5. The minimum absolute atomic E-state index is 0.0913. The fourth-order valence-electron chi connectivity index (χ4n) is 1.55. The van der Waals surface area contributed by atoms with Crippen LogP contribution in [-0.2, 0) is 0 Å². The Morgan fingerprint density at radius 1 is 1.19 bits per heavy atom. The molecule has 0 bridgehead atoms. The number of phenolic OH excluding ortho intramolecular Hbond substituents is 1. The van der Waals surface area contributed by atoms with E-state index < -0.39 is 23.5 Å². The summed E-state index contributed by atoms with van der Waals surface area (Å²) >= 11 is 0. The van der Waals surface area contributed by atoms with E-state index in [2.05, 4.69) is 0 Å². The van der Waals surface area contributed by atoms with Crippen LogP contribution in [0.4, 0.5) is 8.78 Å². The molecule has 0 spiro atoms. The summed E-state index contributed by atoms with van der Waals surface area (Å²) in [6.45, 7) is 2.02. The average molecular weight is 230 g/mol. The van der Waals surface area contributed by atoms with Gasteiger partial charge in [0.2, 0.25) is 5.82 Å². The molecule has 0 heterocycles. The highest BCUT2D eigenvalue weighted by atomic mass is 19.2. The van der Waals surface area contributed by atoms with Crippen molar-refractivity contribution in [1.29, 1.82) is 0 Å². The Morgan fingerprint density at radius 2 is 1.88 bits per heavy atom. The van der Waals surface area contributed by atoms with Crippen LogP contribution in [-0.4, -0.2) is 10.2 Å². The molecule has 2 nitrogen and oxygen atoms in total. The Kier molecular flexibility index (Phi) is 4.68. The maximum absolute atomic E-state index is 13.3. The highest BCUT2D eigenvalue weighted by Gasteiger charge is 2.18. The molecule has 0 amide bonds. The fourth-order valence-corrected chi connectivity index (χ4v) is 1.55. The topological polar surface area (TPSA) is 40.5 Å². The fraction of sp³-hybridized carbons (Fsp3) is 0.500. The van der Waals surface area contributed by atoms with E-state index in [-0.39, 0.29) is 5.56 Å². The third kappa shape index (κ3) is 2.92. The molecule has 0 aliphatic heterocycles. The van der Waals surface area contributed by atoms with Gasteiger partial charge >= 0.3 is 0 Å². The van der Waals surface area contributed by atoms with Gasteiger partial charge in [0.25, 0.3) is 0 Å². The molecule has 1 atom stereocenters. The van der Waals surface area contributed by atoms with E-state index in [1.165, 1.54) is 6.07 Å². The van der Waals surface area contributed by atoms with Crippen LogP contribution in [0.15, 0.2) is 12.1 Å². The van der Waals surface area contributed by atoms with Gasteiger partial charge in [-0.2, -0.15) is 4.39 Å². The molecule has 4 heteroatoms. The van der Waals surface area contributed by atoms with Crippen molar-refractivity contribution in [3.05, 3.63) is 29.3 Å². The smallest absolute Gasteiger partial charge is 0.200 e. The predicted molar refractivity (Wildman–Crippen MR) is 57.1 cm³/mol. The number of phenols is 1. The normalized spacial score (nSPS) is 12.8. The van der Waals surface area contributed by atoms with Gasteiger partial charge in [-0.15, -0.1) is 0 Å². The first kappa shape index (κ1) is 12.9. The van der Waals surface area contributed by atoms with Crippen LogP contribution < -0.4 is 0 Å². The Labute approximate surface area is 93.5 Å². The van der Waals surface area contributed by atoms with E-state index >= 15 is 0 Å². The lowest BCUT2D eigenvalue weighted by Crippen LogP contribution is -2.02. The van der Waals surface area contributed by atoms with Gasteiger partial charge in [0, 0.05) is 5.56 Å². The minimum Gasteiger partial charge on any atom is -0.505 e. The Balaban J connectivity index is 2.76. The Bertz CT molecular complexity index is 353. The Hall–Kier alpha value is -1.16. The average Bonchev–Trinajstić information content (AvgIpc) is 2.26. The molecule has 1 unspecified atom stereocenters. The molecular weight excluding hydrogens is 214 g/mol. The summed E-state index contributed by atoms with van der Waals surface area (Å²) in [7, 11) is 0. The molecule has 1 rings (SSSR count). The van der Waals surface area contributed by atoms with Gasteiger partial charge in [0.05, 0.1) is 6.10 Å². The molecular formula is C12H16F2O2. The van der Waals surface area contributed by atoms with Gasteiger partial charge in [-0.25, -0.2) is 4.39 Å². The molecule has 0 fully saturated rings. The molecule has 90 valence electrons. The van der Waals surface area contributed by atoms with Crippen molar-refractivity contribution >= 4 is 0 Å². The van der Waals surface area contributed by atoms with Gasteiger partial charge in [0.1, 0.15) is 0 Å². The number of halogens is 2. The molecule has 0 saturated carbocycles. The van der Waals surface area contributed by atoms with Crippen LogP contribution in [0.3, 0.4) is 0 Å². The number of hydrogen-bond acceptors (Lipinski definition) is 2. The lowest BCUT2D eigenvalue weighted by Gasteiger charge is -2.12. The molecule has 1 aromatic carbocycles. The van der Waals surface area contributed by atoms with Crippen molar-refractivity contribution in [3.8, 4) is 5.75 Å². The predicted octanol–water partition coefficient (Wildman–Crippen LogP) is 3.28. The second-order valence-electron chi connectivity index (χ2n) is 3.81. The van der Waals surface area contributed by atoms with Gasteiger partial charge < -0.3 is 10.2 Å². The number of unbranched alkanes of at least 4 members (excludes halogenated alkanes) is 2. The van der Waals surface area contributed by atoms with Gasteiger partial charge in [0.15, 0.2) is 11.6 Å². The lowest BCUT2D eigenvalue weighted by atomic mass is 10.0. The van der Waals surface area contributed by atoms with E-state index in [0.717, 1.165) is 25.3 Å². The van der Waals surface area contributed by atoms with Crippen molar-refractivity contribution in [3.63, 3.8) is 0 Å². The second kappa shape index (κ2) is 5.80. The van der Waals surface area contributed by atoms with E-state index in [4.69, 9.17) is 5.11 Å². The standard InChI is InChI=1S/C12H16F2O2/c1-2-3-4-5-9(15)8-6-7-10(16)12(14)11(8)13/h6-7,9,15-16H,2-5H2,1H3. The molecule has 0 radical (unpaired) electrons. The summed E-state index contributed by atoms with van der Waals surface area (Å²) in [5, 5.41) is 18.6. The zero-order valence-electron chi connectivity index (χ0n) is 9.21. The first-order valence-electron chi connectivity index (χ1n) is 5.42. The number of hydrogen-bond donors (Lipinski definition) is 2. The summed E-state index contributed by atoms with van der Waals surface area (Å²) in [6, 6.07) is 2.27. The molecule has 0 aliphatic rings. The molecule has 0 aromatic heterocycles. The number of aromatic hydroxyl groups is 1. The summed E-state index contributed by atoms with van der Waals surface area (Å²) < 4.78 is 26.3. The van der Waals surface area contributed by atoms with Crippen molar-refractivity contribution < 1.29 is 19.0 Å². The van der Waals surface area contributed by atoms with E-state index in [0.29, 0.717) is 6.42 Å². The molecule has 0 saturated heterocycles. The SMILES string of the molecule is CCCCCC(O)c1ccc(O)c(F)c1F. The number of benzene rings is 1. The first-order valence-corrected chi connectivity index (χ1v) is 5.42. The first-order chi connectivity index (χ1) is 7.57. The molecule has 1 aromatic rings. The van der Waals surface area contributed by atoms with Crippen molar-refractivity contribution in [1.82, 2.24) is 0 Å². The van der Waals surface area contributed by atoms with Crippen LogP contribution in [0.25, 0.3) is 0 Å². The van der Waals surface area contributed by atoms with Crippen LogP contribution in [0, 0.1) is 11.6 Å². The van der Waals surface area contributed by atoms with Crippen molar-refractivity contribution in [2.24, 2.45) is 0 Å². The van der Waals surface area contributed by atoms with Crippen LogP contribution in [0.1, 0.15) is 44.3 Å². The van der Waals surface area contributed by atoms with Crippen LogP contribution in [0.2, 0.25) is 0 Å². The van der Waals surface area contributed by atoms with E-state index in [1.54, 1.807) is 0 Å². The minimum atomic E-state index is -1.30. The monoisotopic (exact) mass is 230 g/mol. The van der Waals surface area contributed by atoms with Gasteiger partial charge in [-0.1, -0.05) is 26.2 Å². The molecule has 16 heavy (non-hydrogen) atoms. The maximum Gasteiger partial charge on any atom is 0.200 e. The van der Waals surface area contributed by atoms with E-state index in [1.807, 2.05) is 6.92 Å². The van der Waals surface area contributed by atoms with E-state index in [9.17, 15) is 13.9 Å². The third-order valence-corrected chi connectivity index (χ3v) is 2.53. The molecule has 0 aliphatic carbocycles. The summed E-state index contributed by atoms with van der Waals surface area (Å²) in [6.07, 6.45) is 2.09. The zero-order chi connectivity index (χ0) is 12.1. The summed E-state index contributed by atoms with van der Waals surface area (Å²) in [5.74, 6) is -3.20. The van der Waals surface area contributed by atoms with Crippen LogP contribution >= 0.6 is 0 Å². The highest BCUT2D eigenvalue weighted by molar-refractivity contribution is 5.31. The quantitative estimate of drug-likeness (QED) is 0.762. The third-order valence-electron chi connectivity index (χ3n) is 2.53. The Morgan fingerprint density at radius 3 is 2.50 bits per heavy atom. The molecule has 2 N–H and O–H groups in total. The number of aliphatic hydroxyl groups excluding tert-OH is 1. The highest BCUT2D eigenvalue weighted by Crippen LogP contribution is 2.28. The van der Waals surface area contributed by atoms with Crippen LogP contribution in [0.5, 0.6) is 5.75 Å².